The molecule has 4 nitrogen and oxygen atoms in total. The van der Waals surface area contributed by atoms with Gasteiger partial charge in [0, 0.05) is 5.56 Å². The van der Waals surface area contributed by atoms with E-state index in [1.807, 2.05) is 6.07 Å². The first-order valence-corrected chi connectivity index (χ1v) is 9.44. The third-order valence-electron chi connectivity index (χ3n) is 3.52. The van der Waals surface area contributed by atoms with E-state index in [4.69, 9.17) is 44.9 Å². The van der Waals surface area contributed by atoms with Crippen molar-refractivity contribution in [3.63, 3.8) is 0 Å². The van der Waals surface area contributed by atoms with Gasteiger partial charge in [-0.05, 0) is 42.0 Å². The predicted octanol–water partition coefficient (Wildman–Crippen LogP) is 5.07. The molecule has 0 unspecified atom stereocenters. The second-order valence-electron chi connectivity index (χ2n) is 5.29. The Morgan fingerprint density at radius 3 is 2.65 bits per heavy atom. The summed E-state index contributed by atoms with van der Waals surface area (Å²) in [6.45, 7) is 0.303. The van der Waals surface area contributed by atoms with Gasteiger partial charge in [-0.2, -0.15) is 0 Å². The molecule has 26 heavy (non-hydrogen) atoms. The summed E-state index contributed by atoms with van der Waals surface area (Å²) in [5, 5.41) is 3.55. The maximum absolute atomic E-state index is 11.9. The minimum Gasteiger partial charge on any atom is -0.497 e. The Bertz CT molecular complexity index is 915. The summed E-state index contributed by atoms with van der Waals surface area (Å²) in [5.74, 6) is 1.04. The number of carbonyl (C=O) groups is 1. The number of amides is 1. The molecule has 0 spiro atoms. The number of carbonyl (C=O) groups excluding carboxylic acids is 1. The van der Waals surface area contributed by atoms with Crippen LogP contribution in [0.4, 0.5) is 0 Å². The fourth-order valence-corrected chi connectivity index (χ4v) is 3.61. The molecular formula is C18H13Cl2NO3S2. The van der Waals surface area contributed by atoms with E-state index >= 15 is 0 Å². The Hall–Kier alpha value is -1.73. The molecule has 1 saturated heterocycles. The monoisotopic (exact) mass is 425 g/mol. The molecule has 1 heterocycles. The molecule has 1 aliphatic rings. The minimum absolute atomic E-state index is 0.224. The Morgan fingerprint density at radius 1 is 1.19 bits per heavy atom. The Kier molecular flexibility index (Phi) is 6.09. The number of halogens is 2. The van der Waals surface area contributed by atoms with Gasteiger partial charge in [-0.3, -0.25) is 4.79 Å². The zero-order valence-electron chi connectivity index (χ0n) is 13.5. The topological polar surface area (TPSA) is 47.6 Å². The van der Waals surface area contributed by atoms with Gasteiger partial charge in [-0.15, -0.1) is 0 Å². The summed E-state index contributed by atoms with van der Waals surface area (Å²) in [5.41, 5.74) is 1.59. The highest BCUT2D eigenvalue weighted by Gasteiger charge is 2.22. The molecule has 0 bridgehead atoms. The highest BCUT2D eigenvalue weighted by molar-refractivity contribution is 8.26. The van der Waals surface area contributed by atoms with E-state index < -0.39 is 0 Å². The molecule has 1 amide bonds. The molecule has 134 valence electrons. The minimum atomic E-state index is -0.224. The number of methoxy groups -OCH3 is 1. The van der Waals surface area contributed by atoms with E-state index in [9.17, 15) is 4.79 Å². The predicted molar refractivity (Wildman–Crippen MR) is 110 cm³/mol. The summed E-state index contributed by atoms with van der Waals surface area (Å²) >= 11 is 18.2. The molecule has 0 aromatic heterocycles. The standard InChI is InChI=1S/C18H13Cl2NO3S2/c1-23-12-3-5-15(24-9-10-2-4-13(19)14(20)6-10)11(7-12)8-16-17(22)21-18(25)26-16/h2-8H,9H2,1H3,(H,21,22,25). The number of benzene rings is 2. The molecule has 1 aliphatic heterocycles. The highest BCUT2D eigenvalue weighted by atomic mass is 35.5. The van der Waals surface area contributed by atoms with Crippen molar-refractivity contribution in [1.29, 1.82) is 0 Å². The van der Waals surface area contributed by atoms with Gasteiger partial charge in [-0.1, -0.05) is 53.2 Å². The van der Waals surface area contributed by atoms with Crippen LogP contribution in [0.2, 0.25) is 10.0 Å². The van der Waals surface area contributed by atoms with Crippen LogP contribution in [0.25, 0.3) is 6.08 Å². The van der Waals surface area contributed by atoms with Crippen molar-refractivity contribution < 1.29 is 14.3 Å². The number of rotatable bonds is 5. The van der Waals surface area contributed by atoms with Crippen LogP contribution in [0, 0.1) is 0 Å². The Balaban J connectivity index is 1.86. The second kappa shape index (κ2) is 8.31. The quantitative estimate of drug-likeness (QED) is 0.535. The molecular weight excluding hydrogens is 413 g/mol. The number of thioether (sulfide) groups is 1. The first-order valence-electron chi connectivity index (χ1n) is 7.46. The van der Waals surface area contributed by atoms with Crippen molar-refractivity contribution in [2.24, 2.45) is 0 Å². The SMILES string of the molecule is COc1ccc(OCc2ccc(Cl)c(Cl)c2)c(C=C2SC(=S)NC2=O)c1. The van der Waals surface area contributed by atoms with Crippen LogP contribution < -0.4 is 14.8 Å². The van der Waals surface area contributed by atoms with Crippen LogP contribution in [0.15, 0.2) is 41.3 Å². The van der Waals surface area contributed by atoms with Crippen molar-refractivity contribution in [2.45, 2.75) is 6.61 Å². The number of thiocarbonyl (C=S) groups is 1. The summed E-state index contributed by atoms with van der Waals surface area (Å²) < 4.78 is 11.6. The van der Waals surface area contributed by atoms with Gasteiger partial charge in [0.2, 0.25) is 0 Å². The van der Waals surface area contributed by atoms with E-state index in [0.717, 1.165) is 5.56 Å². The van der Waals surface area contributed by atoms with Gasteiger partial charge in [0.25, 0.3) is 5.91 Å². The number of hydrogen-bond donors (Lipinski definition) is 1. The third kappa shape index (κ3) is 4.51. The lowest BCUT2D eigenvalue weighted by atomic mass is 10.1. The van der Waals surface area contributed by atoms with Crippen LogP contribution in [0.3, 0.4) is 0 Å². The first kappa shape index (κ1) is 19.0. The smallest absolute Gasteiger partial charge is 0.263 e. The second-order valence-corrected chi connectivity index (χ2v) is 7.83. The van der Waals surface area contributed by atoms with Gasteiger partial charge in [0.15, 0.2) is 0 Å². The normalized spacial score (nSPS) is 15.3. The summed E-state index contributed by atoms with van der Waals surface area (Å²) in [4.78, 5) is 12.4. The molecule has 1 N–H and O–H groups in total. The molecule has 1 fully saturated rings. The fourth-order valence-electron chi connectivity index (χ4n) is 2.25. The average Bonchev–Trinajstić information content (AvgIpc) is 2.93. The van der Waals surface area contributed by atoms with Gasteiger partial charge in [0.1, 0.15) is 22.4 Å². The molecule has 3 rings (SSSR count). The summed E-state index contributed by atoms with van der Waals surface area (Å²) in [6.07, 6.45) is 1.73. The lowest BCUT2D eigenvalue weighted by Gasteiger charge is -2.12. The maximum atomic E-state index is 11.9. The number of nitrogens with one attached hydrogen (secondary N) is 1. The molecule has 2 aromatic carbocycles. The Morgan fingerprint density at radius 2 is 2.00 bits per heavy atom. The van der Waals surface area contributed by atoms with Crippen LogP contribution in [0.1, 0.15) is 11.1 Å². The van der Waals surface area contributed by atoms with E-state index in [2.05, 4.69) is 5.32 Å². The Labute approximate surface area is 170 Å². The van der Waals surface area contributed by atoms with Crippen LogP contribution >= 0.6 is 47.2 Å². The van der Waals surface area contributed by atoms with Gasteiger partial charge in [-0.25, -0.2) is 0 Å². The molecule has 2 aromatic rings. The van der Waals surface area contributed by atoms with Crippen molar-refractivity contribution in [3.05, 3.63) is 62.5 Å². The van der Waals surface area contributed by atoms with Crippen LogP contribution in [-0.4, -0.2) is 17.3 Å². The average molecular weight is 426 g/mol. The van der Waals surface area contributed by atoms with Crippen molar-refractivity contribution in [1.82, 2.24) is 5.32 Å². The van der Waals surface area contributed by atoms with Gasteiger partial charge < -0.3 is 14.8 Å². The molecule has 0 atom stereocenters. The van der Waals surface area contributed by atoms with E-state index in [1.165, 1.54) is 11.8 Å². The zero-order valence-corrected chi connectivity index (χ0v) is 16.7. The highest BCUT2D eigenvalue weighted by Crippen LogP contribution is 2.32. The number of ether oxygens (including phenoxy) is 2. The van der Waals surface area contributed by atoms with Crippen LogP contribution in [0.5, 0.6) is 11.5 Å². The van der Waals surface area contributed by atoms with Gasteiger partial charge in [0.05, 0.1) is 22.1 Å². The van der Waals surface area contributed by atoms with Crippen LogP contribution in [-0.2, 0) is 11.4 Å². The van der Waals surface area contributed by atoms with E-state index in [-0.39, 0.29) is 5.91 Å². The number of hydrogen-bond acceptors (Lipinski definition) is 5. The van der Waals surface area contributed by atoms with Crippen molar-refractivity contribution in [2.75, 3.05) is 7.11 Å². The zero-order chi connectivity index (χ0) is 18.7. The summed E-state index contributed by atoms with van der Waals surface area (Å²) in [7, 11) is 1.58. The molecule has 0 saturated carbocycles. The largest absolute Gasteiger partial charge is 0.497 e. The van der Waals surface area contributed by atoms with Crippen molar-refractivity contribution >= 4 is 63.5 Å². The third-order valence-corrected chi connectivity index (χ3v) is 5.43. The van der Waals surface area contributed by atoms with E-state index in [0.29, 0.717) is 42.9 Å². The molecule has 0 aliphatic carbocycles. The lowest BCUT2D eigenvalue weighted by Crippen LogP contribution is -2.17. The van der Waals surface area contributed by atoms with Gasteiger partial charge >= 0.3 is 0 Å². The first-order chi connectivity index (χ1) is 12.5. The maximum Gasteiger partial charge on any atom is 0.263 e. The summed E-state index contributed by atoms with van der Waals surface area (Å²) in [6, 6.07) is 10.7. The van der Waals surface area contributed by atoms with E-state index in [1.54, 1.807) is 43.5 Å². The fraction of sp³-hybridized carbons (Fsp3) is 0.111. The molecule has 8 heteroatoms. The molecule has 0 radical (unpaired) electrons. The lowest BCUT2D eigenvalue weighted by molar-refractivity contribution is -0.115. The van der Waals surface area contributed by atoms with Crippen molar-refractivity contribution in [3.8, 4) is 11.5 Å².